The molecule has 1 unspecified atom stereocenters. The monoisotopic (exact) mass is 391 g/mol. The maximum atomic E-state index is 12.7. The van der Waals surface area contributed by atoms with Crippen molar-refractivity contribution < 1.29 is 4.79 Å². The van der Waals surface area contributed by atoms with Crippen molar-refractivity contribution in [2.45, 2.75) is 26.2 Å². The molecule has 0 radical (unpaired) electrons. The molecule has 26 heavy (non-hydrogen) atoms. The van der Waals surface area contributed by atoms with Crippen LogP contribution in [-0.2, 0) is 6.42 Å². The Morgan fingerprint density at radius 3 is 2.92 bits per heavy atom. The number of rotatable bonds is 5. The number of hydrogen-bond acceptors (Lipinski definition) is 3. The Morgan fingerprint density at radius 1 is 1.31 bits per heavy atom. The van der Waals surface area contributed by atoms with Crippen LogP contribution in [0.3, 0.4) is 0 Å². The van der Waals surface area contributed by atoms with E-state index in [2.05, 4.69) is 17.2 Å². The number of aromatic nitrogens is 1. The zero-order valence-electron chi connectivity index (χ0n) is 14.8. The molecule has 1 fully saturated rings. The van der Waals surface area contributed by atoms with E-state index >= 15 is 0 Å². The number of halogens is 2. The van der Waals surface area contributed by atoms with Gasteiger partial charge in [-0.3, -0.25) is 4.79 Å². The van der Waals surface area contributed by atoms with E-state index in [0.717, 1.165) is 31.5 Å². The fourth-order valence-corrected chi connectivity index (χ4v) is 3.77. The molecule has 0 bridgehead atoms. The Bertz CT molecular complexity index is 781. The normalized spacial score (nSPS) is 17.2. The van der Waals surface area contributed by atoms with Crippen LogP contribution in [0.25, 0.3) is 0 Å². The lowest BCUT2D eigenvalue weighted by molar-refractivity contribution is 0.0683. The van der Waals surface area contributed by atoms with E-state index in [1.165, 1.54) is 6.42 Å². The van der Waals surface area contributed by atoms with Crippen molar-refractivity contribution in [1.29, 1.82) is 0 Å². The number of carbonyl (C=O) groups excluding carboxylic acids is 1. The molecule has 0 spiro atoms. The Morgan fingerprint density at radius 2 is 2.15 bits per heavy atom. The van der Waals surface area contributed by atoms with Gasteiger partial charge < -0.3 is 10.2 Å². The summed E-state index contributed by atoms with van der Waals surface area (Å²) in [6.45, 7) is 4.54. The Balaban J connectivity index is 1.59. The molecule has 1 N–H and O–H groups in total. The Labute approximate surface area is 164 Å². The van der Waals surface area contributed by atoms with Crippen molar-refractivity contribution in [2.75, 3.05) is 25.0 Å². The van der Waals surface area contributed by atoms with Crippen LogP contribution in [0.2, 0.25) is 10.0 Å². The van der Waals surface area contributed by atoms with Gasteiger partial charge in [0, 0.05) is 41.4 Å². The first-order valence-corrected chi connectivity index (χ1v) is 9.71. The average molecular weight is 392 g/mol. The second-order valence-electron chi connectivity index (χ2n) is 6.84. The van der Waals surface area contributed by atoms with Gasteiger partial charge in [0.15, 0.2) is 0 Å². The van der Waals surface area contributed by atoms with E-state index in [4.69, 9.17) is 23.2 Å². The quantitative estimate of drug-likeness (QED) is 0.786. The molecule has 1 aliphatic rings. The number of nitrogens with zero attached hydrogens (tertiary/aromatic N) is 2. The zero-order chi connectivity index (χ0) is 18.5. The highest BCUT2D eigenvalue weighted by Crippen LogP contribution is 2.22. The van der Waals surface area contributed by atoms with Crippen molar-refractivity contribution in [2.24, 2.45) is 5.92 Å². The van der Waals surface area contributed by atoms with Gasteiger partial charge in [-0.1, -0.05) is 36.2 Å². The standard InChI is InChI=1S/C20H23Cl2N3O/c1-14-3-2-10-25(13-14)20(26)16-7-9-24-19(11-16)23-8-6-15-4-5-17(21)12-18(15)22/h4-5,7,9,11-12,14H,2-3,6,8,10,13H2,1H3,(H,23,24). The molecule has 1 saturated heterocycles. The predicted molar refractivity (Wildman–Crippen MR) is 107 cm³/mol. The molecule has 4 nitrogen and oxygen atoms in total. The zero-order valence-corrected chi connectivity index (χ0v) is 16.4. The highest BCUT2D eigenvalue weighted by atomic mass is 35.5. The first-order valence-electron chi connectivity index (χ1n) is 8.96. The molecule has 0 saturated carbocycles. The molecular formula is C20H23Cl2N3O. The molecule has 2 heterocycles. The lowest BCUT2D eigenvalue weighted by atomic mass is 9.99. The van der Waals surface area contributed by atoms with Gasteiger partial charge in [-0.2, -0.15) is 0 Å². The van der Waals surface area contributed by atoms with E-state index in [9.17, 15) is 4.79 Å². The van der Waals surface area contributed by atoms with Crippen LogP contribution >= 0.6 is 23.2 Å². The van der Waals surface area contributed by atoms with Crippen LogP contribution in [0.4, 0.5) is 5.82 Å². The number of anilines is 1. The van der Waals surface area contributed by atoms with Crippen LogP contribution < -0.4 is 5.32 Å². The third-order valence-electron chi connectivity index (χ3n) is 4.67. The van der Waals surface area contributed by atoms with Gasteiger partial charge in [0.25, 0.3) is 5.91 Å². The number of hydrogen-bond donors (Lipinski definition) is 1. The van der Waals surface area contributed by atoms with Gasteiger partial charge in [-0.15, -0.1) is 0 Å². The summed E-state index contributed by atoms with van der Waals surface area (Å²) in [7, 11) is 0. The van der Waals surface area contributed by atoms with E-state index in [-0.39, 0.29) is 5.91 Å². The molecule has 3 rings (SSSR count). The molecule has 138 valence electrons. The average Bonchev–Trinajstić information content (AvgIpc) is 2.63. The first-order chi connectivity index (χ1) is 12.5. The predicted octanol–water partition coefficient (Wildman–Crippen LogP) is 4.92. The Hall–Kier alpha value is -1.78. The van der Waals surface area contributed by atoms with Gasteiger partial charge in [0.2, 0.25) is 0 Å². The van der Waals surface area contributed by atoms with Crippen molar-refractivity contribution >= 4 is 34.9 Å². The van der Waals surface area contributed by atoms with E-state index in [1.54, 1.807) is 18.3 Å². The van der Waals surface area contributed by atoms with Crippen LogP contribution in [-0.4, -0.2) is 35.4 Å². The van der Waals surface area contributed by atoms with E-state index < -0.39 is 0 Å². The van der Waals surface area contributed by atoms with Crippen molar-refractivity contribution in [3.8, 4) is 0 Å². The molecule has 1 aliphatic heterocycles. The molecule has 1 aromatic carbocycles. The molecule has 1 aromatic heterocycles. The van der Waals surface area contributed by atoms with Crippen LogP contribution in [0.15, 0.2) is 36.5 Å². The van der Waals surface area contributed by atoms with E-state index in [0.29, 0.717) is 33.9 Å². The maximum absolute atomic E-state index is 12.7. The second kappa shape index (κ2) is 8.74. The second-order valence-corrected chi connectivity index (χ2v) is 7.68. The van der Waals surface area contributed by atoms with Crippen molar-refractivity contribution in [1.82, 2.24) is 9.88 Å². The topological polar surface area (TPSA) is 45.2 Å². The summed E-state index contributed by atoms with van der Waals surface area (Å²) >= 11 is 12.1. The fraction of sp³-hybridized carbons (Fsp3) is 0.400. The Kier molecular flexibility index (Phi) is 6.38. The minimum atomic E-state index is 0.0859. The van der Waals surface area contributed by atoms with Crippen molar-refractivity contribution in [3.63, 3.8) is 0 Å². The SMILES string of the molecule is CC1CCCN(C(=O)c2ccnc(NCCc3ccc(Cl)cc3Cl)c2)C1. The largest absolute Gasteiger partial charge is 0.370 e. The number of piperidine rings is 1. The number of benzene rings is 1. The highest BCUT2D eigenvalue weighted by molar-refractivity contribution is 6.35. The summed E-state index contributed by atoms with van der Waals surface area (Å²) in [4.78, 5) is 19.0. The number of pyridine rings is 1. The summed E-state index contributed by atoms with van der Waals surface area (Å²) in [6, 6.07) is 9.11. The third-order valence-corrected chi connectivity index (χ3v) is 5.25. The lowest BCUT2D eigenvalue weighted by Gasteiger charge is -2.31. The minimum Gasteiger partial charge on any atom is -0.370 e. The molecule has 1 atom stereocenters. The minimum absolute atomic E-state index is 0.0859. The first kappa shape index (κ1) is 19.0. The summed E-state index contributed by atoms with van der Waals surface area (Å²) in [5.74, 6) is 1.35. The van der Waals surface area contributed by atoms with Crippen LogP contribution in [0.1, 0.15) is 35.7 Å². The van der Waals surface area contributed by atoms with Crippen LogP contribution in [0, 0.1) is 5.92 Å². The number of likely N-dealkylation sites (tertiary alicyclic amines) is 1. The number of amides is 1. The molecule has 6 heteroatoms. The summed E-state index contributed by atoms with van der Waals surface area (Å²) in [5, 5.41) is 4.56. The molecular weight excluding hydrogens is 369 g/mol. The smallest absolute Gasteiger partial charge is 0.254 e. The van der Waals surface area contributed by atoms with Gasteiger partial charge in [-0.05, 0) is 55.0 Å². The highest BCUT2D eigenvalue weighted by Gasteiger charge is 2.22. The molecule has 0 aliphatic carbocycles. The van der Waals surface area contributed by atoms with Gasteiger partial charge >= 0.3 is 0 Å². The third kappa shape index (κ3) is 4.89. The van der Waals surface area contributed by atoms with Gasteiger partial charge in [0.1, 0.15) is 5.82 Å². The van der Waals surface area contributed by atoms with Gasteiger partial charge in [0.05, 0.1) is 0 Å². The number of nitrogens with one attached hydrogen (secondary N) is 1. The summed E-state index contributed by atoms with van der Waals surface area (Å²) < 4.78 is 0. The fourth-order valence-electron chi connectivity index (χ4n) is 3.27. The molecule has 1 amide bonds. The maximum Gasteiger partial charge on any atom is 0.254 e. The molecule has 2 aromatic rings. The lowest BCUT2D eigenvalue weighted by Crippen LogP contribution is -2.39. The van der Waals surface area contributed by atoms with Crippen molar-refractivity contribution in [3.05, 3.63) is 57.7 Å². The van der Waals surface area contributed by atoms with Crippen LogP contribution in [0.5, 0.6) is 0 Å². The number of carbonyl (C=O) groups is 1. The summed E-state index contributed by atoms with van der Waals surface area (Å²) in [6.07, 6.45) is 4.70. The summed E-state index contributed by atoms with van der Waals surface area (Å²) in [5.41, 5.74) is 1.71. The van der Waals surface area contributed by atoms with Gasteiger partial charge in [-0.25, -0.2) is 4.98 Å². The van der Waals surface area contributed by atoms with E-state index in [1.807, 2.05) is 23.1 Å².